The van der Waals surface area contributed by atoms with Gasteiger partial charge in [-0.25, -0.2) is 0 Å². The average Bonchev–Trinajstić information content (AvgIpc) is 2.63. The van der Waals surface area contributed by atoms with E-state index in [-0.39, 0.29) is 0 Å². The van der Waals surface area contributed by atoms with Crippen LogP contribution in [0.3, 0.4) is 0 Å². The smallest absolute Gasteiger partial charge is 0.0339 e. The normalized spacial score (nSPS) is 40.1. The van der Waals surface area contributed by atoms with E-state index in [9.17, 15) is 0 Å². The van der Waals surface area contributed by atoms with Crippen molar-refractivity contribution >= 4 is 0 Å². The summed E-state index contributed by atoms with van der Waals surface area (Å²) >= 11 is 0. The van der Waals surface area contributed by atoms with Crippen molar-refractivity contribution in [1.29, 1.82) is 0 Å². The number of likely N-dealkylation sites (tertiary alicyclic amines) is 1. The van der Waals surface area contributed by atoms with Gasteiger partial charge < -0.3 is 5.73 Å². The van der Waals surface area contributed by atoms with Crippen molar-refractivity contribution in [3.8, 4) is 0 Å². The highest BCUT2D eigenvalue weighted by molar-refractivity contribution is 5.02. The van der Waals surface area contributed by atoms with Crippen LogP contribution in [0.1, 0.15) is 59.3 Å². The van der Waals surface area contributed by atoms with Crippen LogP contribution in [-0.2, 0) is 0 Å². The monoisotopic (exact) mass is 224 g/mol. The molecule has 2 fully saturated rings. The van der Waals surface area contributed by atoms with Gasteiger partial charge in [-0.3, -0.25) is 4.90 Å². The Bertz CT molecular complexity index is 249. The second kappa shape index (κ2) is 4.30. The third kappa shape index (κ3) is 2.14. The number of rotatable bonds is 2. The quantitative estimate of drug-likeness (QED) is 0.781. The molecule has 2 unspecified atom stereocenters. The maximum Gasteiger partial charge on any atom is 0.0339 e. The minimum absolute atomic E-state index is 0.317. The third-order valence-electron chi connectivity index (χ3n) is 4.85. The van der Waals surface area contributed by atoms with E-state index < -0.39 is 0 Å². The Hall–Kier alpha value is -0.0800. The molecular formula is C14H28N2. The summed E-state index contributed by atoms with van der Waals surface area (Å²) in [5.74, 6) is 0. The molecule has 1 aliphatic carbocycles. The van der Waals surface area contributed by atoms with E-state index >= 15 is 0 Å². The molecule has 0 spiro atoms. The molecule has 0 amide bonds. The van der Waals surface area contributed by atoms with Gasteiger partial charge in [-0.1, -0.05) is 20.3 Å². The van der Waals surface area contributed by atoms with Gasteiger partial charge in [0.15, 0.2) is 0 Å². The van der Waals surface area contributed by atoms with E-state index in [0.29, 0.717) is 11.0 Å². The van der Waals surface area contributed by atoms with Gasteiger partial charge in [-0.2, -0.15) is 0 Å². The van der Waals surface area contributed by atoms with Gasteiger partial charge in [0.2, 0.25) is 0 Å². The fourth-order valence-electron chi connectivity index (χ4n) is 4.14. The second-order valence-corrected chi connectivity index (χ2v) is 6.81. The van der Waals surface area contributed by atoms with E-state index in [4.69, 9.17) is 5.73 Å². The molecular weight excluding hydrogens is 196 g/mol. The highest BCUT2D eigenvalue weighted by Crippen LogP contribution is 2.45. The number of hydrogen-bond acceptors (Lipinski definition) is 2. The molecule has 2 rings (SSSR count). The van der Waals surface area contributed by atoms with Gasteiger partial charge in [-0.05, 0) is 51.0 Å². The first-order valence-electron chi connectivity index (χ1n) is 6.96. The molecule has 16 heavy (non-hydrogen) atoms. The van der Waals surface area contributed by atoms with Gasteiger partial charge in [0.25, 0.3) is 0 Å². The highest BCUT2D eigenvalue weighted by atomic mass is 15.2. The molecule has 94 valence electrons. The summed E-state index contributed by atoms with van der Waals surface area (Å²) in [7, 11) is 0. The van der Waals surface area contributed by atoms with Crippen LogP contribution in [0.4, 0.5) is 0 Å². The summed E-state index contributed by atoms with van der Waals surface area (Å²) < 4.78 is 0. The van der Waals surface area contributed by atoms with Gasteiger partial charge in [-0.15, -0.1) is 0 Å². The minimum Gasteiger partial charge on any atom is -0.329 e. The van der Waals surface area contributed by atoms with Crippen molar-refractivity contribution in [3.05, 3.63) is 0 Å². The van der Waals surface area contributed by atoms with E-state index in [1.54, 1.807) is 0 Å². The Morgan fingerprint density at radius 2 is 2.00 bits per heavy atom. The number of nitrogens with two attached hydrogens (primary N) is 1. The standard InChI is InChI=1S/C14H28N2/c1-12-6-4-9-16(12)14(11-15)8-5-7-13(2,3)10-14/h12H,4-11,15H2,1-3H3. The van der Waals surface area contributed by atoms with E-state index in [1.165, 1.54) is 45.1 Å². The van der Waals surface area contributed by atoms with Gasteiger partial charge in [0, 0.05) is 18.1 Å². The lowest BCUT2D eigenvalue weighted by Crippen LogP contribution is -2.58. The minimum atomic E-state index is 0.317. The van der Waals surface area contributed by atoms with Crippen LogP contribution in [-0.4, -0.2) is 29.6 Å². The lowest BCUT2D eigenvalue weighted by Gasteiger charge is -2.51. The second-order valence-electron chi connectivity index (χ2n) is 6.81. The summed E-state index contributed by atoms with van der Waals surface area (Å²) in [6, 6.07) is 0.748. The van der Waals surface area contributed by atoms with Crippen molar-refractivity contribution in [1.82, 2.24) is 4.90 Å². The first-order valence-corrected chi connectivity index (χ1v) is 6.96. The topological polar surface area (TPSA) is 29.3 Å². The molecule has 1 saturated carbocycles. The van der Waals surface area contributed by atoms with Crippen LogP contribution >= 0.6 is 0 Å². The molecule has 2 N–H and O–H groups in total. The lowest BCUT2D eigenvalue weighted by molar-refractivity contribution is 0.00541. The Labute approximate surface area is 101 Å². The van der Waals surface area contributed by atoms with Crippen LogP contribution in [0.15, 0.2) is 0 Å². The predicted octanol–water partition coefficient (Wildman–Crippen LogP) is 2.77. The summed E-state index contributed by atoms with van der Waals surface area (Å²) in [6.45, 7) is 9.33. The molecule has 1 saturated heterocycles. The predicted molar refractivity (Wildman–Crippen MR) is 69.4 cm³/mol. The molecule has 0 aromatic carbocycles. The van der Waals surface area contributed by atoms with E-state index in [1.807, 2.05) is 0 Å². The first-order chi connectivity index (χ1) is 7.49. The van der Waals surface area contributed by atoms with Crippen molar-refractivity contribution in [3.63, 3.8) is 0 Å². The van der Waals surface area contributed by atoms with Gasteiger partial charge >= 0.3 is 0 Å². The highest BCUT2D eigenvalue weighted by Gasteiger charge is 2.45. The van der Waals surface area contributed by atoms with Crippen molar-refractivity contribution < 1.29 is 0 Å². The summed E-state index contributed by atoms with van der Waals surface area (Å²) in [6.07, 6.45) is 8.06. The Morgan fingerprint density at radius 3 is 2.50 bits per heavy atom. The Kier molecular flexibility index (Phi) is 3.33. The van der Waals surface area contributed by atoms with Crippen molar-refractivity contribution in [2.24, 2.45) is 11.1 Å². The zero-order valence-corrected chi connectivity index (χ0v) is 11.3. The van der Waals surface area contributed by atoms with Crippen molar-refractivity contribution in [2.45, 2.75) is 70.9 Å². The fourth-order valence-corrected chi connectivity index (χ4v) is 4.14. The molecule has 0 aromatic rings. The molecule has 0 aromatic heterocycles. The zero-order chi connectivity index (χ0) is 11.8. The molecule has 0 radical (unpaired) electrons. The first kappa shape index (κ1) is 12.4. The molecule has 2 heteroatoms. The van der Waals surface area contributed by atoms with Crippen LogP contribution < -0.4 is 5.73 Å². The van der Waals surface area contributed by atoms with Crippen LogP contribution in [0.5, 0.6) is 0 Å². The average molecular weight is 224 g/mol. The SMILES string of the molecule is CC1CCCN1C1(CN)CCCC(C)(C)C1. The molecule has 0 bridgehead atoms. The van der Waals surface area contributed by atoms with Crippen LogP contribution in [0.2, 0.25) is 0 Å². The van der Waals surface area contributed by atoms with E-state index in [2.05, 4.69) is 25.7 Å². The largest absolute Gasteiger partial charge is 0.329 e. The Morgan fingerprint density at radius 1 is 1.25 bits per heavy atom. The molecule has 1 aliphatic heterocycles. The van der Waals surface area contributed by atoms with Crippen molar-refractivity contribution in [2.75, 3.05) is 13.1 Å². The molecule has 2 atom stereocenters. The lowest BCUT2D eigenvalue weighted by atomic mass is 9.67. The van der Waals surface area contributed by atoms with Gasteiger partial charge in [0.05, 0.1) is 0 Å². The molecule has 2 nitrogen and oxygen atoms in total. The van der Waals surface area contributed by atoms with E-state index in [0.717, 1.165) is 12.6 Å². The molecule has 1 heterocycles. The molecule has 2 aliphatic rings. The Balaban J connectivity index is 2.18. The summed E-state index contributed by atoms with van der Waals surface area (Å²) in [5.41, 5.74) is 6.96. The number of hydrogen-bond donors (Lipinski definition) is 1. The summed E-state index contributed by atoms with van der Waals surface area (Å²) in [4.78, 5) is 2.73. The van der Waals surface area contributed by atoms with Crippen LogP contribution in [0, 0.1) is 5.41 Å². The third-order valence-corrected chi connectivity index (χ3v) is 4.85. The zero-order valence-electron chi connectivity index (χ0n) is 11.3. The van der Waals surface area contributed by atoms with Gasteiger partial charge in [0.1, 0.15) is 0 Å². The maximum atomic E-state index is 6.16. The number of nitrogens with zero attached hydrogens (tertiary/aromatic N) is 1. The maximum absolute atomic E-state index is 6.16. The summed E-state index contributed by atoms with van der Waals surface area (Å²) in [5, 5.41) is 0. The fraction of sp³-hybridized carbons (Fsp3) is 1.00. The van der Waals surface area contributed by atoms with Crippen LogP contribution in [0.25, 0.3) is 0 Å².